The van der Waals surface area contributed by atoms with Gasteiger partial charge in [-0.1, -0.05) is 30.3 Å². The van der Waals surface area contributed by atoms with E-state index in [1.54, 1.807) is 0 Å². The Labute approximate surface area is 145 Å². The molecule has 1 rings (SSSR count). The highest BCUT2D eigenvalue weighted by Crippen LogP contribution is 2.05. The van der Waals surface area contributed by atoms with Gasteiger partial charge >= 0.3 is 6.09 Å². The van der Waals surface area contributed by atoms with Crippen LogP contribution < -0.4 is 16.0 Å². The van der Waals surface area contributed by atoms with Gasteiger partial charge in [0.25, 0.3) is 0 Å². The molecule has 0 aliphatic carbocycles. The maximum atomic E-state index is 11.6. The minimum atomic E-state index is -0.481. The molecule has 0 bridgehead atoms. The number of guanidine groups is 1. The highest BCUT2D eigenvalue weighted by Gasteiger charge is 2.15. The number of ether oxygens (including phenoxy) is 1. The van der Waals surface area contributed by atoms with Crippen LogP contribution in [-0.2, 0) is 11.2 Å². The number of alkyl carbamates (subject to hydrolysis) is 1. The van der Waals surface area contributed by atoms with Crippen LogP contribution in [0.15, 0.2) is 35.3 Å². The fraction of sp³-hybridized carbons (Fsp3) is 0.556. The van der Waals surface area contributed by atoms with Crippen molar-refractivity contribution in [1.82, 2.24) is 16.0 Å². The molecule has 0 spiro atoms. The van der Waals surface area contributed by atoms with Crippen molar-refractivity contribution < 1.29 is 9.53 Å². The summed E-state index contributed by atoms with van der Waals surface area (Å²) in [5, 5.41) is 9.10. The average molecular weight is 334 g/mol. The van der Waals surface area contributed by atoms with Crippen molar-refractivity contribution in [3.63, 3.8) is 0 Å². The molecule has 6 nitrogen and oxygen atoms in total. The normalized spacial score (nSPS) is 11.8. The lowest BCUT2D eigenvalue weighted by atomic mass is 10.2. The van der Waals surface area contributed by atoms with Crippen molar-refractivity contribution in [2.75, 3.05) is 26.2 Å². The van der Waals surface area contributed by atoms with Crippen LogP contribution in [0.4, 0.5) is 4.79 Å². The topological polar surface area (TPSA) is 74.8 Å². The molecule has 3 N–H and O–H groups in total. The number of amides is 1. The van der Waals surface area contributed by atoms with E-state index >= 15 is 0 Å². The first-order valence-electron chi connectivity index (χ1n) is 8.43. The second-order valence-electron chi connectivity index (χ2n) is 6.35. The van der Waals surface area contributed by atoms with Gasteiger partial charge in [0.15, 0.2) is 5.96 Å². The molecule has 6 heteroatoms. The summed E-state index contributed by atoms with van der Waals surface area (Å²) in [4.78, 5) is 16.1. The van der Waals surface area contributed by atoms with Gasteiger partial charge in [-0.15, -0.1) is 0 Å². The summed E-state index contributed by atoms with van der Waals surface area (Å²) in [7, 11) is 0. The molecule has 0 aliphatic rings. The summed E-state index contributed by atoms with van der Waals surface area (Å²) in [6.07, 6.45) is 0.489. The van der Waals surface area contributed by atoms with E-state index in [1.165, 1.54) is 5.56 Å². The largest absolute Gasteiger partial charge is 0.444 e. The maximum absolute atomic E-state index is 11.6. The van der Waals surface area contributed by atoms with Crippen molar-refractivity contribution in [3.05, 3.63) is 35.9 Å². The summed E-state index contributed by atoms with van der Waals surface area (Å²) in [5.74, 6) is 0.749. The summed E-state index contributed by atoms with van der Waals surface area (Å²) < 4.78 is 5.18. The Balaban J connectivity index is 2.29. The Kier molecular flexibility index (Phi) is 8.68. The van der Waals surface area contributed by atoms with Gasteiger partial charge in [-0.3, -0.25) is 4.99 Å². The van der Waals surface area contributed by atoms with Gasteiger partial charge in [-0.25, -0.2) is 4.79 Å². The maximum Gasteiger partial charge on any atom is 0.407 e. The fourth-order valence-corrected chi connectivity index (χ4v) is 1.94. The van der Waals surface area contributed by atoms with Crippen LogP contribution in [0.5, 0.6) is 0 Å². The van der Waals surface area contributed by atoms with Crippen LogP contribution in [0.25, 0.3) is 0 Å². The van der Waals surface area contributed by atoms with Crippen LogP contribution >= 0.6 is 0 Å². The highest BCUT2D eigenvalue weighted by atomic mass is 16.6. The quantitative estimate of drug-likeness (QED) is 0.406. The zero-order chi connectivity index (χ0) is 17.8. The number of rotatable bonds is 7. The first-order valence-corrected chi connectivity index (χ1v) is 8.43. The van der Waals surface area contributed by atoms with Crippen molar-refractivity contribution in [2.24, 2.45) is 4.99 Å². The monoisotopic (exact) mass is 334 g/mol. The molecule has 0 fully saturated rings. The number of benzene rings is 1. The van der Waals surface area contributed by atoms with E-state index in [2.05, 4.69) is 33.1 Å². The van der Waals surface area contributed by atoms with Gasteiger partial charge in [0.2, 0.25) is 0 Å². The van der Waals surface area contributed by atoms with E-state index in [-0.39, 0.29) is 0 Å². The van der Waals surface area contributed by atoms with Crippen LogP contribution in [0.3, 0.4) is 0 Å². The lowest BCUT2D eigenvalue weighted by Gasteiger charge is -2.19. The summed E-state index contributed by atoms with van der Waals surface area (Å²) in [6, 6.07) is 10.3. The highest BCUT2D eigenvalue weighted by molar-refractivity contribution is 5.79. The lowest BCUT2D eigenvalue weighted by Crippen LogP contribution is -2.42. The summed E-state index contributed by atoms with van der Waals surface area (Å²) in [5.41, 5.74) is 0.786. The molecule has 134 valence electrons. The zero-order valence-corrected chi connectivity index (χ0v) is 15.2. The Morgan fingerprint density at radius 3 is 2.38 bits per heavy atom. The van der Waals surface area contributed by atoms with Gasteiger partial charge in [0.05, 0.1) is 0 Å². The molecule has 0 aromatic heterocycles. The van der Waals surface area contributed by atoms with Crippen LogP contribution in [-0.4, -0.2) is 43.8 Å². The molecule has 0 heterocycles. The van der Waals surface area contributed by atoms with Crippen LogP contribution in [0.2, 0.25) is 0 Å². The minimum absolute atomic E-state index is 0.407. The number of nitrogens with one attached hydrogen (secondary N) is 3. The molecule has 0 aliphatic heterocycles. The van der Waals surface area contributed by atoms with Crippen molar-refractivity contribution in [3.8, 4) is 0 Å². The predicted molar refractivity (Wildman–Crippen MR) is 98.4 cm³/mol. The fourth-order valence-electron chi connectivity index (χ4n) is 1.94. The van der Waals surface area contributed by atoms with Gasteiger partial charge < -0.3 is 20.7 Å². The first-order chi connectivity index (χ1) is 11.4. The van der Waals surface area contributed by atoms with Crippen molar-refractivity contribution in [2.45, 2.75) is 39.7 Å². The molecule has 0 unspecified atom stereocenters. The smallest absolute Gasteiger partial charge is 0.407 e. The molecule has 1 aromatic carbocycles. The standard InChI is InChI=1S/C18H30N4O2/c1-5-19-16(20-12-11-15-9-7-6-8-10-15)21-13-14-22-17(23)24-18(2,3)4/h6-10H,5,11-14H2,1-4H3,(H,22,23)(H2,19,20,21). The summed E-state index contributed by atoms with van der Waals surface area (Å²) in [6.45, 7) is 10.1. The van der Waals surface area contributed by atoms with E-state index in [4.69, 9.17) is 4.74 Å². The average Bonchev–Trinajstić information content (AvgIpc) is 2.51. The molecular formula is C18H30N4O2. The minimum Gasteiger partial charge on any atom is -0.444 e. The van der Waals surface area contributed by atoms with E-state index in [0.717, 1.165) is 18.9 Å². The molecule has 0 saturated carbocycles. The number of hydrogen-bond donors (Lipinski definition) is 3. The van der Waals surface area contributed by atoms with Crippen molar-refractivity contribution >= 4 is 12.1 Å². The molecule has 24 heavy (non-hydrogen) atoms. The van der Waals surface area contributed by atoms with Gasteiger partial charge in [0.1, 0.15) is 5.60 Å². The van der Waals surface area contributed by atoms with Crippen LogP contribution in [0.1, 0.15) is 33.3 Å². The Hall–Kier alpha value is -2.24. The second-order valence-corrected chi connectivity index (χ2v) is 6.35. The number of aliphatic imine (C=N–C) groups is 1. The van der Waals surface area contributed by atoms with E-state index in [1.807, 2.05) is 45.9 Å². The molecule has 1 aromatic rings. The summed E-state index contributed by atoms with van der Waals surface area (Å²) >= 11 is 0. The molecular weight excluding hydrogens is 304 g/mol. The molecule has 0 radical (unpaired) electrons. The lowest BCUT2D eigenvalue weighted by molar-refractivity contribution is 0.0529. The number of nitrogens with zero attached hydrogens (tertiary/aromatic N) is 1. The number of carbonyl (C=O) groups is 1. The third-order valence-electron chi connectivity index (χ3n) is 2.94. The number of carbonyl (C=O) groups excluding carboxylic acids is 1. The Bertz CT molecular complexity index is 510. The molecule has 0 atom stereocenters. The zero-order valence-electron chi connectivity index (χ0n) is 15.2. The second kappa shape index (κ2) is 10.5. The van der Waals surface area contributed by atoms with Gasteiger partial charge in [-0.05, 0) is 39.7 Å². The van der Waals surface area contributed by atoms with E-state index in [9.17, 15) is 4.79 Å². The predicted octanol–water partition coefficient (Wildman–Crippen LogP) is 2.31. The van der Waals surface area contributed by atoms with Gasteiger partial charge in [-0.2, -0.15) is 0 Å². The molecule has 0 saturated heterocycles. The van der Waals surface area contributed by atoms with Gasteiger partial charge in [0, 0.05) is 26.2 Å². The third kappa shape index (κ3) is 9.71. The SMILES string of the molecule is CCNC(=NCCc1ccccc1)NCCNC(=O)OC(C)(C)C. The molecule has 1 amide bonds. The third-order valence-corrected chi connectivity index (χ3v) is 2.94. The Morgan fingerprint density at radius 2 is 1.75 bits per heavy atom. The first kappa shape index (κ1) is 19.8. The van der Waals surface area contributed by atoms with Crippen molar-refractivity contribution in [1.29, 1.82) is 0 Å². The van der Waals surface area contributed by atoms with E-state index < -0.39 is 11.7 Å². The van der Waals surface area contributed by atoms with E-state index in [0.29, 0.717) is 19.6 Å². The van der Waals surface area contributed by atoms with Crippen LogP contribution in [0, 0.1) is 0 Å². The Morgan fingerprint density at radius 1 is 1.08 bits per heavy atom. The number of hydrogen-bond acceptors (Lipinski definition) is 3.